The van der Waals surface area contributed by atoms with Crippen molar-refractivity contribution in [2.45, 2.75) is 84.5 Å². The van der Waals surface area contributed by atoms with E-state index in [0.29, 0.717) is 32.6 Å². The van der Waals surface area contributed by atoms with Gasteiger partial charge in [0, 0.05) is 32.6 Å². The van der Waals surface area contributed by atoms with E-state index in [9.17, 15) is 4.79 Å². The molecule has 23 heavy (non-hydrogen) atoms. The second-order valence-electron chi connectivity index (χ2n) is 7.07. The Hall–Kier alpha value is -0.610. The van der Waals surface area contributed by atoms with Crippen molar-refractivity contribution >= 4 is 5.91 Å². The van der Waals surface area contributed by atoms with E-state index in [1.165, 1.54) is 51.4 Å². The maximum atomic E-state index is 12.0. The van der Waals surface area contributed by atoms with Crippen LogP contribution in [-0.4, -0.2) is 37.0 Å². The van der Waals surface area contributed by atoms with Crippen LogP contribution >= 0.6 is 0 Å². The molecule has 0 spiro atoms. The van der Waals surface area contributed by atoms with Gasteiger partial charge in [-0.05, 0) is 12.3 Å². The van der Waals surface area contributed by atoms with Crippen LogP contribution in [0, 0.1) is 5.92 Å². The molecule has 1 amide bonds. The van der Waals surface area contributed by atoms with Gasteiger partial charge in [0.2, 0.25) is 5.91 Å². The third kappa shape index (κ3) is 14.7. The number of nitrogens with zero attached hydrogens (tertiary/aromatic N) is 1. The lowest BCUT2D eigenvalue weighted by atomic mass is 10.0. The van der Waals surface area contributed by atoms with Crippen LogP contribution in [0.25, 0.3) is 0 Å². The lowest BCUT2D eigenvalue weighted by Gasteiger charge is -2.21. The Morgan fingerprint density at radius 1 is 0.783 bits per heavy atom. The van der Waals surface area contributed by atoms with Gasteiger partial charge < -0.3 is 16.4 Å². The number of rotatable bonds is 16. The molecule has 0 aromatic rings. The molecule has 0 aromatic heterocycles. The first-order chi connectivity index (χ1) is 11.1. The first-order valence-electron chi connectivity index (χ1n) is 9.79. The van der Waals surface area contributed by atoms with Crippen LogP contribution in [0.3, 0.4) is 0 Å². The maximum Gasteiger partial charge on any atom is 0.222 e. The SMILES string of the molecule is CC(C)CCCCCCCCCCCC(=O)N(CCN)CCN. The summed E-state index contributed by atoms with van der Waals surface area (Å²) < 4.78 is 0. The molecule has 0 unspecified atom stereocenters. The summed E-state index contributed by atoms with van der Waals surface area (Å²) in [6, 6.07) is 0. The summed E-state index contributed by atoms with van der Waals surface area (Å²) in [4.78, 5) is 13.8. The van der Waals surface area contributed by atoms with Crippen molar-refractivity contribution in [3.8, 4) is 0 Å². The summed E-state index contributed by atoms with van der Waals surface area (Å²) in [5, 5.41) is 0. The third-order valence-electron chi connectivity index (χ3n) is 4.32. The van der Waals surface area contributed by atoms with E-state index in [-0.39, 0.29) is 5.91 Å². The number of carbonyl (C=O) groups is 1. The van der Waals surface area contributed by atoms with E-state index in [2.05, 4.69) is 13.8 Å². The Kier molecular flexibility index (Phi) is 15.8. The molecule has 0 heterocycles. The lowest BCUT2D eigenvalue weighted by molar-refractivity contribution is -0.131. The summed E-state index contributed by atoms with van der Waals surface area (Å²) in [5.41, 5.74) is 11.1. The number of amides is 1. The molecule has 4 nitrogen and oxygen atoms in total. The van der Waals surface area contributed by atoms with Gasteiger partial charge in [0.05, 0.1) is 0 Å². The molecule has 0 atom stereocenters. The van der Waals surface area contributed by atoms with Crippen molar-refractivity contribution in [1.82, 2.24) is 4.90 Å². The topological polar surface area (TPSA) is 72.3 Å². The molecule has 4 N–H and O–H groups in total. The van der Waals surface area contributed by atoms with E-state index in [0.717, 1.165) is 18.8 Å². The number of hydrogen-bond acceptors (Lipinski definition) is 3. The second kappa shape index (κ2) is 16.3. The summed E-state index contributed by atoms with van der Waals surface area (Å²) in [6.45, 7) is 6.90. The Morgan fingerprint density at radius 2 is 1.22 bits per heavy atom. The number of hydrogen-bond donors (Lipinski definition) is 2. The van der Waals surface area contributed by atoms with Crippen LogP contribution in [-0.2, 0) is 4.79 Å². The highest BCUT2D eigenvalue weighted by Crippen LogP contribution is 2.13. The van der Waals surface area contributed by atoms with E-state index in [1.54, 1.807) is 4.90 Å². The van der Waals surface area contributed by atoms with E-state index < -0.39 is 0 Å². The minimum Gasteiger partial charge on any atom is -0.340 e. The summed E-state index contributed by atoms with van der Waals surface area (Å²) in [6.07, 6.45) is 13.7. The van der Waals surface area contributed by atoms with Crippen molar-refractivity contribution in [1.29, 1.82) is 0 Å². The average molecular weight is 328 g/mol. The molecular formula is C19H41N3O. The van der Waals surface area contributed by atoms with Gasteiger partial charge in [-0.15, -0.1) is 0 Å². The maximum absolute atomic E-state index is 12.0. The second-order valence-corrected chi connectivity index (χ2v) is 7.07. The Labute approximate surface area is 144 Å². The van der Waals surface area contributed by atoms with Gasteiger partial charge in [0.1, 0.15) is 0 Å². The fourth-order valence-corrected chi connectivity index (χ4v) is 2.90. The molecule has 0 saturated carbocycles. The third-order valence-corrected chi connectivity index (χ3v) is 4.32. The quantitative estimate of drug-likeness (QED) is 0.425. The summed E-state index contributed by atoms with van der Waals surface area (Å²) >= 11 is 0. The zero-order valence-corrected chi connectivity index (χ0v) is 15.7. The molecule has 0 fully saturated rings. The molecular weight excluding hydrogens is 286 g/mol. The Morgan fingerprint density at radius 3 is 1.65 bits per heavy atom. The van der Waals surface area contributed by atoms with Gasteiger partial charge >= 0.3 is 0 Å². The zero-order valence-electron chi connectivity index (χ0n) is 15.7. The lowest BCUT2D eigenvalue weighted by Crippen LogP contribution is -2.38. The number of carbonyl (C=O) groups excluding carboxylic acids is 1. The molecule has 138 valence electrons. The Balaban J connectivity index is 3.39. The smallest absolute Gasteiger partial charge is 0.222 e. The predicted octanol–water partition coefficient (Wildman–Crippen LogP) is 3.68. The summed E-state index contributed by atoms with van der Waals surface area (Å²) in [7, 11) is 0. The van der Waals surface area contributed by atoms with Crippen LogP contribution in [0.1, 0.15) is 84.5 Å². The largest absolute Gasteiger partial charge is 0.340 e. The van der Waals surface area contributed by atoms with Gasteiger partial charge in [-0.1, -0.05) is 71.6 Å². The average Bonchev–Trinajstić information content (AvgIpc) is 2.51. The summed E-state index contributed by atoms with van der Waals surface area (Å²) in [5.74, 6) is 1.06. The standard InChI is InChI=1S/C19H41N3O/c1-18(2)12-10-8-6-4-3-5-7-9-11-13-19(23)22(16-14-20)17-15-21/h18H,3-17,20-21H2,1-2H3. The van der Waals surface area contributed by atoms with Gasteiger partial charge in [0.25, 0.3) is 0 Å². The van der Waals surface area contributed by atoms with E-state index >= 15 is 0 Å². The Bertz CT molecular complexity index is 263. The molecule has 0 saturated heterocycles. The first-order valence-corrected chi connectivity index (χ1v) is 9.79. The van der Waals surface area contributed by atoms with Crippen molar-refractivity contribution in [3.05, 3.63) is 0 Å². The zero-order chi connectivity index (χ0) is 17.3. The molecule has 0 radical (unpaired) electrons. The highest BCUT2D eigenvalue weighted by Gasteiger charge is 2.10. The fourth-order valence-electron chi connectivity index (χ4n) is 2.90. The van der Waals surface area contributed by atoms with Gasteiger partial charge in [-0.25, -0.2) is 0 Å². The monoisotopic (exact) mass is 327 g/mol. The predicted molar refractivity (Wildman–Crippen MR) is 100 cm³/mol. The normalized spacial score (nSPS) is 11.2. The van der Waals surface area contributed by atoms with Gasteiger partial charge in [0.15, 0.2) is 0 Å². The van der Waals surface area contributed by atoms with Crippen LogP contribution in [0.4, 0.5) is 0 Å². The minimum atomic E-state index is 0.214. The van der Waals surface area contributed by atoms with Crippen molar-refractivity contribution in [3.63, 3.8) is 0 Å². The van der Waals surface area contributed by atoms with Gasteiger partial charge in [-0.2, -0.15) is 0 Å². The molecule has 0 aliphatic rings. The molecule has 0 aliphatic heterocycles. The van der Waals surface area contributed by atoms with Crippen molar-refractivity contribution < 1.29 is 4.79 Å². The first kappa shape index (κ1) is 22.4. The van der Waals surface area contributed by atoms with Gasteiger partial charge in [-0.3, -0.25) is 4.79 Å². The van der Waals surface area contributed by atoms with Crippen molar-refractivity contribution in [2.75, 3.05) is 26.2 Å². The van der Waals surface area contributed by atoms with E-state index in [1.807, 2.05) is 0 Å². The highest BCUT2D eigenvalue weighted by molar-refractivity contribution is 5.76. The fraction of sp³-hybridized carbons (Fsp3) is 0.947. The van der Waals surface area contributed by atoms with Crippen LogP contribution in [0.5, 0.6) is 0 Å². The molecule has 0 aliphatic carbocycles. The van der Waals surface area contributed by atoms with Crippen molar-refractivity contribution in [2.24, 2.45) is 17.4 Å². The molecule has 0 bridgehead atoms. The van der Waals surface area contributed by atoms with E-state index in [4.69, 9.17) is 11.5 Å². The minimum absolute atomic E-state index is 0.214. The number of nitrogens with two attached hydrogens (primary N) is 2. The van der Waals surface area contributed by atoms with Crippen LogP contribution in [0.2, 0.25) is 0 Å². The molecule has 0 aromatic carbocycles. The number of unbranched alkanes of at least 4 members (excludes halogenated alkanes) is 8. The highest BCUT2D eigenvalue weighted by atomic mass is 16.2. The van der Waals surface area contributed by atoms with Crippen LogP contribution in [0.15, 0.2) is 0 Å². The van der Waals surface area contributed by atoms with Crippen LogP contribution < -0.4 is 11.5 Å². The molecule has 0 rings (SSSR count). The molecule has 4 heteroatoms.